The number of carbonyl (C=O) groups is 2. The maximum atomic E-state index is 13.7. The van der Waals surface area contributed by atoms with Gasteiger partial charge in [-0.2, -0.15) is 5.10 Å². The van der Waals surface area contributed by atoms with Gasteiger partial charge in [0, 0.05) is 23.9 Å². The highest BCUT2D eigenvalue weighted by atomic mass is 16.5. The summed E-state index contributed by atoms with van der Waals surface area (Å²) in [4.78, 5) is 32.4. The van der Waals surface area contributed by atoms with E-state index in [2.05, 4.69) is 15.2 Å². The van der Waals surface area contributed by atoms with Crippen LogP contribution in [-0.4, -0.2) is 55.4 Å². The molecule has 2 aromatic carbocycles. The van der Waals surface area contributed by atoms with E-state index in [4.69, 9.17) is 18.9 Å². The lowest BCUT2D eigenvalue weighted by Crippen LogP contribution is -2.29. The van der Waals surface area contributed by atoms with E-state index in [-0.39, 0.29) is 16.8 Å². The Morgan fingerprint density at radius 1 is 0.853 bits per heavy atom. The van der Waals surface area contributed by atoms with E-state index in [1.54, 1.807) is 31.4 Å². The van der Waals surface area contributed by atoms with Gasteiger partial charge < -0.3 is 18.9 Å². The third kappa shape index (κ3) is 3.03. The number of H-pyrrole nitrogens is 1. The number of amides is 2. The number of aromatic nitrogens is 3. The molecule has 4 aromatic rings. The molecule has 2 aromatic heterocycles. The van der Waals surface area contributed by atoms with E-state index in [1.165, 1.54) is 27.5 Å². The average molecular weight is 460 g/mol. The van der Waals surface area contributed by atoms with Gasteiger partial charge in [0.05, 0.1) is 56.3 Å². The fourth-order valence-electron chi connectivity index (χ4n) is 4.09. The summed E-state index contributed by atoms with van der Waals surface area (Å²) in [6.45, 7) is 0. The van der Waals surface area contributed by atoms with Crippen LogP contribution in [0.15, 0.2) is 42.6 Å². The lowest BCUT2D eigenvalue weighted by atomic mass is 10.0. The van der Waals surface area contributed by atoms with Crippen LogP contribution in [0.3, 0.4) is 0 Å². The van der Waals surface area contributed by atoms with Crippen LogP contribution < -0.4 is 23.8 Å². The van der Waals surface area contributed by atoms with Crippen molar-refractivity contribution in [3.8, 4) is 34.3 Å². The summed E-state index contributed by atoms with van der Waals surface area (Å²) in [5, 5.41) is 7.66. The zero-order valence-electron chi connectivity index (χ0n) is 18.8. The summed E-state index contributed by atoms with van der Waals surface area (Å²) in [5.41, 5.74) is 2.37. The Balaban J connectivity index is 1.67. The Bertz CT molecular complexity index is 1420. The van der Waals surface area contributed by atoms with Crippen molar-refractivity contribution in [1.29, 1.82) is 0 Å². The van der Waals surface area contributed by atoms with Gasteiger partial charge in [-0.15, -0.1) is 0 Å². The monoisotopic (exact) mass is 460 g/mol. The molecule has 0 fully saturated rings. The predicted octanol–water partition coefficient (Wildman–Crippen LogP) is 3.46. The average Bonchev–Trinajstić information content (AvgIpc) is 3.41. The largest absolute Gasteiger partial charge is 0.497 e. The van der Waals surface area contributed by atoms with Gasteiger partial charge in [-0.25, -0.2) is 9.88 Å². The number of imide groups is 1. The van der Waals surface area contributed by atoms with E-state index < -0.39 is 11.8 Å². The molecule has 0 radical (unpaired) electrons. The highest BCUT2D eigenvalue weighted by Gasteiger charge is 2.40. The van der Waals surface area contributed by atoms with Gasteiger partial charge in [0.15, 0.2) is 17.1 Å². The first-order valence-corrected chi connectivity index (χ1v) is 10.2. The maximum Gasteiger partial charge on any atom is 0.267 e. The van der Waals surface area contributed by atoms with Gasteiger partial charge in [0.25, 0.3) is 11.8 Å². The minimum atomic E-state index is -0.509. The zero-order chi connectivity index (χ0) is 24.0. The molecule has 0 bridgehead atoms. The van der Waals surface area contributed by atoms with E-state index >= 15 is 0 Å². The van der Waals surface area contributed by atoms with Crippen molar-refractivity contribution in [2.75, 3.05) is 33.3 Å². The second kappa shape index (κ2) is 8.07. The van der Waals surface area contributed by atoms with Crippen LogP contribution in [0.4, 0.5) is 5.69 Å². The van der Waals surface area contributed by atoms with Crippen LogP contribution in [0.2, 0.25) is 0 Å². The molecule has 5 rings (SSSR count). The van der Waals surface area contributed by atoms with Crippen LogP contribution in [0, 0.1) is 0 Å². The summed E-state index contributed by atoms with van der Waals surface area (Å²) in [6, 6.07) is 10.4. The molecule has 2 amide bonds. The molecule has 10 nitrogen and oxygen atoms in total. The second-order valence-corrected chi connectivity index (χ2v) is 7.40. The first-order valence-electron chi connectivity index (χ1n) is 10.2. The number of pyridine rings is 1. The second-order valence-electron chi connectivity index (χ2n) is 7.40. The molecule has 1 N–H and O–H groups in total. The minimum absolute atomic E-state index is 0.183. The number of methoxy groups -OCH3 is 4. The fourth-order valence-corrected chi connectivity index (χ4v) is 4.09. The summed E-state index contributed by atoms with van der Waals surface area (Å²) in [6.07, 6.45) is 1.37. The lowest BCUT2D eigenvalue weighted by Gasteiger charge is -2.18. The summed E-state index contributed by atoms with van der Waals surface area (Å²) in [5.74, 6) is 0.669. The van der Waals surface area contributed by atoms with Crippen LogP contribution in [0.1, 0.15) is 20.7 Å². The minimum Gasteiger partial charge on any atom is -0.497 e. The van der Waals surface area contributed by atoms with Gasteiger partial charge >= 0.3 is 0 Å². The van der Waals surface area contributed by atoms with Crippen molar-refractivity contribution >= 4 is 28.5 Å². The van der Waals surface area contributed by atoms with Crippen molar-refractivity contribution in [2.24, 2.45) is 0 Å². The molecule has 3 heterocycles. The highest BCUT2D eigenvalue weighted by molar-refractivity contribution is 6.38. The van der Waals surface area contributed by atoms with E-state index in [0.717, 1.165) is 10.5 Å². The van der Waals surface area contributed by atoms with E-state index in [1.807, 2.05) is 12.1 Å². The molecule has 34 heavy (non-hydrogen) atoms. The smallest absolute Gasteiger partial charge is 0.267 e. The van der Waals surface area contributed by atoms with Crippen molar-refractivity contribution in [3.05, 3.63) is 53.7 Å². The molecule has 0 aliphatic carbocycles. The number of fused-ring (bicyclic) bond motifs is 3. The molecule has 0 saturated heterocycles. The van der Waals surface area contributed by atoms with Crippen LogP contribution in [-0.2, 0) is 0 Å². The van der Waals surface area contributed by atoms with Gasteiger partial charge in [0.1, 0.15) is 5.75 Å². The van der Waals surface area contributed by atoms with Gasteiger partial charge in [0.2, 0.25) is 5.75 Å². The molecule has 0 unspecified atom stereocenters. The summed E-state index contributed by atoms with van der Waals surface area (Å²) in [7, 11) is 5.98. The maximum absolute atomic E-state index is 13.7. The van der Waals surface area contributed by atoms with Crippen molar-refractivity contribution < 1.29 is 28.5 Å². The van der Waals surface area contributed by atoms with Gasteiger partial charge in [-0.1, -0.05) is 0 Å². The third-order valence-electron chi connectivity index (χ3n) is 5.72. The number of hydrogen-bond donors (Lipinski definition) is 1. The molecule has 0 spiro atoms. The predicted molar refractivity (Wildman–Crippen MR) is 123 cm³/mol. The molecule has 0 atom stereocenters. The lowest BCUT2D eigenvalue weighted by molar-refractivity contribution is 0.0926. The highest BCUT2D eigenvalue weighted by Crippen LogP contribution is 2.43. The number of nitrogens with zero attached hydrogens (tertiary/aromatic N) is 3. The topological polar surface area (TPSA) is 116 Å². The normalized spacial score (nSPS) is 12.8. The van der Waals surface area contributed by atoms with Crippen molar-refractivity contribution in [2.45, 2.75) is 0 Å². The van der Waals surface area contributed by atoms with Crippen LogP contribution in [0.25, 0.3) is 22.3 Å². The summed E-state index contributed by atoms with van der Waals surface area (Å²) >= 11 is 0. The van der Waals surface area contributed by atoms with Crippen LogP contribution in [0.5, 0.6) is 23.0 Å². The fraction of sp³-hybridized carbons (Fsp3) is 0.167. The van der Waals surface area contributed by atoms with E-state index in [0.29, 0.717) is 39.7 Å². The van der Waals surface area contributed by atoms with Crippen molar-refractivity contribution in [3.63, 3.8) is 0 Å². The molecule has 1 aliphatic rings. The van der Waals surface area contributed by atoms with E-state index in [9.17, 15) is 9.59 Å². The Kier molecular flexibility index (Phi) is 5.05. The quantitative estimate of drug-likeness (QED) is 0.435. The number of aromatic amines is 1. The Morgan fingerprint density at radius 2 is 1.53 bits per heavy atom. The number of anilines is 1. The summed E-state index contributed by atoms with van der Waals surface area (Å²) < 4.78 is 21.4. The van der Waals surface area contributed by atoms with Gasteiger partial charge in [-0.3, -0.25) is 14.7 Å². The molecule has 10 heteroatoms. The van der Waals surface area contributed by atoms with Crippen LogP contribution >= 0.6 is 0 Å². The zero-order valence-corrected chi connectivity index (χ0v) is 18.8. The number of benzene rings is 2. The molecular formula is C24H20N4O6. The Labute approximate surface area is 194 Å². The number of ether oxygens (including phenoxy) is 4. The molecular weight excluding hydrogens is 440 g/mol. The Morgan fingerprint density at radius 3 is 2.12 bits per heavy atom. The standard InChI is InChI=1S/C24H20N4O6/c1-31-14-7-5-12(6-8-14)20-19-18-15(11-25-22(19)27-26-20)23(29)28(24(18)30)13-9-16(32-2)21(34-4)17(10-13)33-3/h5-11H,1-4H3,(H,25,26,27). The van der Waals surface area contributed by atoms with Crippen molar-refractivity contribution in [1.82, 2.24) is 15.2 Å². The molecule has 0 saturated carbocycles. The van der Waals surface area contributed by atoms with Gasteiger partial charge in [-0.05, 0) is 24.3 Å². The number of hydrogen-bond acceptors (Lipinski definition) is 8. The SMILES string of the molecule is COc1ccc(-c2[nH]nc3ncc4c(c23)C(=O)N(c2cc(OC)c(OC)c(OC)c2)C4=O)cc1. The number of rotatable bonds is 6. The molecule has 172 valence electrons. The first-order chi connectivity index (χ1) is 16.5. The molecule has 1 aliphatic heterocycles. The Hall–Kier alpha value is -4.60. The third-order valence-corrected chi connectivity index (χ3v) is 5.72. The first kappa shape index (κ1) is 21.3. The number of carbonyl (C=O) groups excluding carboxylic acids is 2. The number of nitrogens with one attached hydrogen (secondary N) is 1.